The Morgan fingerprint density at radius 3 is 2.19 bits per heavy atom. The van der Waals surface area contributed by atoms with Gasteiger partial charge in [-0.2, -0.15) is 0 Å². The Hall–Kier alpha value is -1.24. The van der Waals surface area contributed by atoms with Gasteiger partial charge in [-0.05, 0) is 52.0 Å². The van der Waals surface area contributed by atoms with Gasteiger partial charge in [-0.1, -0.05) is 0 Å². The summed E-state index contributed by atoms with van der Waals surface area (Å²) in [4.78, 5) is 4.39. The number of benzene rings is 1. The zero-order valence-corrected chi connectivity index (χ0v) is 13.3. The van der Waals surface area contributed by atoms with E-state index in [9.17, 15) is 4.39 Å². The molecule has 0 aliphatic carbocycles. The van der Waals surface area contributed by atoms with Gasteiger partial charge in [0.2, 0.25) is 0 Å². The average molecular weight is 305 g/mol. The molecule has 0 N–H and O–H groups in total. The summed E-state index contributed by atoms with van der Waals surface area (Å²) in [6.07, 6.45) is 1.77. The number of halogens is 1. The van der Waals surface area contributed by atoms with Crippen molar-refractivity contribution in [1.29, 1.82) is 0 Å². The smallest absolute Gasteiger partial charge is 0.399 e. The predicted octanol–water partition coefficient (Wildman–Crippen LogP) is 3.25. The van der Waals surface area contributed by atoms with Crippen molar-refractivity contribution >= 4 is 23.2 Å². The maximum Gasteiger partial charge on any atom is 0.507 e. The normalized spacial score (nSPS) is 20.0. The lowest BCUT2D eigenvalue weighted by atomic mass is 9.89. The lowest BCUT2D eigenvalue weighted by Crippen LogP contribution is -2.41. The highest BCUT2D eigenvalue weighted by atomic mass is 32.1. The quantitative estimate of drug-likeness (QED) is 0.798. The number of thiazole rings is 1. The molecule has 1 saturated heterocycles. The summed E-state index contributed by atoms with van der Waals surface area (Å²) < 4.78 is 25.9. The molecule has 1 aliphatic rings. The number of rotatable bonds is 2. The molecule has 0 spiro atoms. The number of hydrogen-bond acceptors (Lipinski definition) is 4. The topological polar surface area (TPSA) is 31.4 Å². The molecule has 110 valence electrons. The molecular weight excluding hydrogens is 288 g/mol. The van der Waals surface area contributed by atoms with Crippen LogP contribution >= 0.6 is 11.3 Å². The van der Waals surface area contributed by atoms with Crippen LogP contribution in [0, 0.1) is 5.82 Å². The third-order valence-electron chi connectivity index (χ3n) is 4.10. The van der Waals surface area contributed by atoms with E-state index in [0.29, 0.717) is 0 Å². The second-order valence-corrected chi connectivity index (χ2v) is 7.23. The molecule has 2 aromatic rings. The van der Waals surface area contributed by atoms with E-state index >= 15 is 0 Å². The first-order valence-corrected chi connectivity index (χ1v) is 7.67. The summed E-state index contributed by atoms with van der Waals surface area (Å²) in [6, 6.07) is 6.32. The molecule has 1 fully saturated rings. The Bertz CT molecular complexity index is 638. The SMILES string of the molecule is CC1(C)OB(c2cnc(-c3ccc(F)cc3)s2)OC1(C)C. The van der Waals surface area contributed by atoms with Gasteiger partial charge in [-0.25, -0.2) is 9.37 Å². The van der Waals surface area contributed by atoms with Gasteiger partial charge in [0.25, 0.3) is 0 Å². The highest BCUT2D eigenvalue weighted by Crippen LogP contribution is 2.37. The van der Waals surface area contributed by atoms with E-state index in [1.807, 2.05) is 27.7 Å². The van der Waals surface area contributed by atoms with E-state index in [2.05, 4.69) is 4.98 Å². The monoisotopic (exact) mass is 305 g/mol. The maximum absolute atomic E-state index is 13.0. The zero-order valence-electron chi connectivity index (χ0n) is 12.5. The standard InChI is InChI=1S/C15H17BFNO2S/c1-14(2)15(3,4)20-16(19-14)12-9-18-13(21-12)10-5-7-11(17)8-6-10/h5-9H,1-4H3. The highest BCUT2D eigenvalue weighted by Gasteiger charge is 2.52. The van der Waals surface area contributed by atoms with Gasteiger partial charge in [0.1, 0.15) is 10.8 Å². The van der Waals surface area contributed by atoms with Crippen LogP contribution in [0.4, 0.5) is 4.39 Å². The van der Waals surface area contributed by atoms with Gasteiger partial charge in [0.05, 0.1) is 16.0 Å². The fourth-order valence-electron chi connectivity index (χ4n) is 2.08. The van der Waals surface area contributed by atoms with Gasteiger partial charge < -0.3 is 9.31 Å². The average Bonchev–Trinajstić information content (AvgIpc) is 2.94. The molecule has 1 aromatic heterocycles. The molecule has 0 atom stereocenters. The minimum atomic E-state index is -0.401. The summed E-state index contributed by atoms with van der Waals surface area (Å²) >= 11 is 1.51. The molecular formula is C15H17BFNO2S. The minimum absolute atomic E-state index is 0.249. The van der Waals surface area contributed by atoms with Crippen LogP contribution in [0.1, 0.15) is 27.7 Å². The van der Waals surface area contributed by atoms with E-state index < -0.39 is 7.12 Å². The van der Waals surface area contributed by atoms with Gasteiger partial charge in [-0.3, -0.25) is 0 Å². The molecule has 0 bridgehead atoms. The van der Waals surface area contributed by atoms with Crippen molar-refractivity contribution in [3.05, 3.63) is 36.3 Å². The fraction of sp³-hybridized carbons (Fsp3) is 0.400. The fourth-order valence-corrected chi connectivity index (χ4v) is 2.96. The molecule has 1 aromatic carbocycles. The van der Waals surface area contributed by atoms with Crippen LogP contribution in [0.15, 0.2) is 30.5 Å². The van der Waals surface area contributed by atoms with Crippen molar-refractivity contribution in [2.24, 2.45) is 0 Å². The third-order valence-corrected chi connectivity index (χ3v) is 5.17. The summed E-state index contributed by atoms with van der Waals surface area (Å²) in [7, 11) is -0.401. The highest BCUT2D eigenvalue weighted by molar-refractivity contribution is 7.24. The van der Waals surface area contributed by atoms with Gasteiger partial charge in [0.15, 0.2) is 0 Å². The second-order valence-electron chi connectivity index (χ2n) is 6.16. The van der Waals surface area contributed by atoms with Crippen molar-refractivity contribution in [3.63, 3.8) is 0 Å². The van der Waals surface area contributed by atoms with Crippen LogP contribution in [0.2, 0.25) is 0 Å². The van der Waals surface area contributed by atoms with Gasteiger partial charge in [0, 0.05) is 11.8 Å². The van der Waals surface area contributed by atoms with Crippen LogP contribution in [-0.2, 0) is 9.31 Å². The molecule has 1 aliphatic heterocycles. The molecule has 21 heavy (non-hydrogen) atoms. The van der Waals surface area contributed by atoms with Crippen molar-refractivity contribution < 1.29 is 13.7 Å². The Balaban J connectivity index is 1.85. The van der Waals surface area contributed by atoms with Crippen molar-refractivity contribution in [1.82, 2.24) is 4.98 Å². The van der Waals surface area contributed by atoms with Crippen molar-refractivity contribution in [2.75, 3.05) is 0 Å². The largest absolute Gasteiger partial charge is 0.507 e. The molecule has 3 rings (SSSR count). The van der Waals surface area contributed by atoms with Crippen LogP contribution in [0.5, 0.6) is 0 Å². The molecule has 0 radical (unpaired) electrons. The van der Waals surface area contributed by atoms with Gasteiger partial charge >= 0.3 is 7.12 Å². The summed E-state index contributed by atoms with van der Waals surface area (Å²) in [5.74, 6) is -0.249. The molecule has 0 saturated carbocycles. The molecule has 2 heterocycles. The lowest BCUT2D eigenvalue weighted by Gasteiger charge is -2.32. The molecule has 3 nitrogen and oxygen atoms in total. The van der Waals surface area contributed by atoms with E-state index in [0.717, 1.165) is 15.3 Å². The summed E-state index contributed by atoms with van der Waals surface area (Å²) in [6.45, 7) is 8.09. The third kappa shape index (κ3) is 2.63. The molecule has 0 unspecified atom stereocenters. The first kappa shape index (κ1) is 14.7. The van der Waals surface area contributed by atoms with E-state index in [1.165, 1.54) is 23.5 Å². The Morgan fingerprint density at radius 1 is 1.05 bits per heavy atom. The molecule has 6 heteroatoms. The van der Waals surface area contributed by atoms with Crippen LogP contribution < -0.4 is 4.78 Å². The van der Waals surface area contributed by atoms with Gasteiger partial charge in [-0.15, -0.1) is 11.3 Å². The van der Waals surface area contributed by atoms with Crippen LogP contribution in [-0.4, -0.2) is 23.3 Å². The first-order chi connectivity index (χ1) is 9.78. The number of nitrogens with zero attached hydrogens (tertiary/aromatic N) is 1. The van der Waals surface area contributed by atoms with Crippen LogP contribution in [0.3, 0.4) is 0 Å². The van der Waals surface area contributed by atoms with E-state index in [4.69, 9.17) is 9.31 Å². The Labute approximate surface area is 128 Å². The summed E-state index contributed by atoms with van der Waals surface area (Å²) in [5, 5.41) is 0.833. The summed E-state index contributed by atoms with van der Waals surface area (Å²) in [5.41, 5.74) is 0.166. The Morgan fingerprint density at radius 2 is 1.62 bits per heavy atom. The first-order valence-electron chi connectivity index (χ1n) is 6.86. The van der Waals surface area contributed by atoms with Crippen LogP contribution in [0.25, 0.3) is 10.6 Å². The van der Waals surface area contributed by atoms with E-state index in [1.54, 1.807) is 18.3 Å². The Kier molecular flexibility index (Phi) is 3.43. The van der Waals surface area contributed by atoms with Crippen molar-refractivity contribution in [3.8, 4) is 10.6 Å². The molecule has 0 amide bonds. The lowest BCUT2D eigenvalue weighted by molar-refractivity contribution is 0.00578. The number of aromatic nitrogens is 1. The minimum Gasteiger partial charge on any atom is -0.399 e. The van der Waals surface area contributed by atoms with E-state index in [-0.39, 0.29) is 17.0 Å². The second kappa shape index (κ2) is 4.90. The maximum atomic E-state index is 13.0. The van der Waals surface area contributed by atoms with Crippen molar-refractivity contribution in [2.45, 2.75) is 38.9 Å². The number of hydrogen-bond donors (Lipinski definition) is 0. The zero-order chi connectivity index (χ0) is 15.3. The predicted molar refractivity (Wildman–Crippen MR) is 83.2 cm³/mol.